The molecule has 0 heterocycles. The van der Waals surface area contributed by atoms with Crippen molar-refractivity contribution in [1.29, 1.82) is 0 Å². The molecule has 4 heteroatoms. The van der Waals surface area contributed by atoms with Crippen molar-refractivity contribution in [3.05, 3.63) is 35.1 Å². The highest BCUT2D eigenvalue weighted by atomic mass is 19.1. The number of carbonyl (C=O) groups excluding carboxylic acids is 1. The topological polar surface area (TPSA) is 38.3 Å². The van der Waals surface area contributed by atoms with E-state index in [2.05, 4.69) is 10.3 Å². The van der Waals surface area contributed by atoms with Gasteiger partial charge in [-0.1, -0.05) is 12.1 Å². The molecule has 0 aliphatic rings. The molecule has 0 bridgehead atoms. The Hall–Kier alpha value is -1.42. The minimum absolute atomic E-state index is 0.181. The summed E-state index contributed by atoms with van der Waals surface area (Å²) < 4.78 is 12.9. The highest BCUT2D eigenvalue weighted by molar-refractivity contribution is 5.75. The Balaban J connectivity index is 2.51. The Morgan fingerprint density at radius 3 is 2.87 bits per heavy atom. The molecule has 0 aliphatic carbocycles. The molecular weight excluding hydrogens is 197 g/mol. The summed E-state index contributed by atoms with van der Waals surface area (Å²) in [6.45, 7) is 1.70. The number of aryl methyl sites for hydroxylation is 2. The first-order valence-electron chi connectivity index (χ1n) is 4.70. The molecule has 0 spiro atoms. The third-order valence-corrected chi connectivity index (χ3v) is 2.08. The highest BCUT2D eigenvalue weighted by Crippen LogP contribution is 2.10. The quantitative estimate of drug-likeness (QED) is 0.770. The Labute approximate surface area is 88.2 Å². The number of rotatable bonds is 4. The van der Waals surface area contributed by atoms with Crippen molar-refractivity contribution in [3.8, 4) is 0 Å². The predicted molar refractivity (Wildman–Crippen MR) is 54.6 cm³/mol. The van der Waals surface area contributed by atoms with E-state index in [9.17, 15) is 9.18 Å². The van der Waals surface area contributed by atoms with E-state index in [1.165, 1.54) is 13.2 Å². The number of amides is 1. The van der Waals surface area contributed by atoms with Gasteiger partial charge in [-0.2, -0.15) is 0 Å². The van der Waals surface area contributed by atoms with Crippen LogP contribution in [-0.2, 0) is 16.1 Å². The van der Waals surface area contributed by atoms with E-state index in [1.54, 1.807) is 19.1 Å². The van der Waals surface area contributed by atoms with Gasteiger partial charge in [-0.25, -0.2) is 9.87 Å². The lowest BCUT2D eigenvalue weighted by Crippen LogP contribution is -2.21. The second-order valence-corrected chi connectivity index (χ2v) is 3.31. The summed E-state index contributed by atoms with van der Waals surface area (Å²) in [7, 11) is 1.39. The van der Waals surface area contributed by atoms with Gasteiger partial charge in [0, 0.05) is 6.42 Å². The van der Waals surface area contributed by atoms with Crippen LogP contribution in [0.25, 0.3) is 0 Å². The maximum Gasteiger partial charge on any atom is 0.243 e. The van der Waals surface area contributed by atoms with Gasteiger partial charge >= 0.3 is 0 Å². The molecule has 82 valence electrons. The van der Waals surface area contributed by atoms with Crippen molar-refractivity contribution >= 4 is 5.91 Å². The van der Waals surface area contributed by atoms with E-state index in [0.29, 0.717) is 18.4 Å². The van der Waals surface area contributed by atoms with Crippen LogP contribution >= 0.6 is 0 Å². The van der Waals surface area contributed by atoms with Crippen LogP contribution in [0.5, 0.6) is 0 Å². The van der Waals surface area contributed by atoms with Gasteiger partial charge in [-0.05, 0) is 30.5 Å². The number of hydrogen-bond acceptors (Lipinski definition) is 2. The molecule has 1 N–H and O–H groups in total. The molecule has 0 aliphatic heterocycles. The number of hydroxylamine groups is 1. The van der Waals surface area contributed by atoms with Crippen LogP contribution < -0.4 is 5.48 Å². The van der Waals surface area contributed by atoms with Crippen LogP contribution in [0.15, 0.2) is 18.2 Å². The average molecular weight is 211 g/mol. The average Bonchev–Trinajstić information content (AvgIpc) is 2.20. The zero-order chi connectivity index (χ0) is 11.3. The highest BCUT2D eigenvalue weighted by Gasteiger charge is 2.03. The molecule has 0 saturated carbocycles. The normalized spacial score (nSPS) is 10.1. The van der Waals surface area contributed by atoms with E-state index >= 15 is 0 Å². The molecule has 0 radical (unpaired) electrons. The predicted octanol–water partition coefficient (Wildman–Crippen LogP) is 1.74. The summed E-state index contributed by atoms with van der Waals surface area (Å²) in [5.41, 5.74) is 3.77. The molecule has 15 heavy (non-hydrogen) atoms. The van der Waals surface area contributed by atoms with Crippen molar-refractivity contribution < 1.29 is 14.0 Å². The molecule has 1 rings (SSSR count). The van der Waals surface area contributed by atoms with Crippen LogP contribution in [0.3, 0.4) is 0 Å². The fraction of sp³-hybridized carbons (Fsp3) is 0.364. The summed E-state index contributed by atoms with van der Waals surface area (Å²) in [6, 6.07) is 4.84. The van der Waals surface area contributed by atoms with Crippen LogP contribution in [0, 0.1) is 12.7 Å². The van der Waals surface area contributed by atoms with E-state index < -0.39 is 0 Å². The summed E-state index contributed by atoms with van der Waals surface area (Å²) in [5.74, 6) is -0.403. The fourth-order valence-electron chi connectivity index (χ4n) is 1.29. The largest absolute Gasteiger partial charge is 0.277 e. The van der Waals surface area contributed by atoms with Crippen LogP contribution in [-0.4, -0.2) is 13.0 Å². The molecule has 0 fully saturated rings. The van der Waals surface area contributed by atoms with E-state index in [-0.39, 0.29) is 11.7 Å². The first kappa shape index (κ1) is 11.7. The molecule has 1 aromatic carbocycles. The van der Waals surface area contributed by atoms with Gasteiger partial charge in [0.25, 0.3) is 0 Å². The second-order valence-electron chi connectivity index (χ2n) is 3.31. The monoisotopic (exact) mass is 211 g/mol. The zero-order valence-electron chi connectivity index (χ0n) is 8.84. The minimum Gasteiger partial charge on any atom is -0.277 e. The smallest absolute Gasteiger partial charge is 0.243 e. The molecule has 0 aromatic heterocycles. The molecule has 3 nitrogen and oxygen atoms in total. The summed E-state index contributed by atoms with van der Waals surface area (Å²) in [4.78, 5) is 15.5. The first-order valence-corrected chi connectivity index (χ1v) is 4.70. The lowest BCUT2D eigenvalue weighted by molar-refractivity contribution is -0.131. The number of carbonyl (C=O) groups is 1. The number of nitrogens with one attached hydrogen (secondary N) is 1. The third-order valence-electron chi connectivity index (χ3n) is 2.08. The molecule has 0 saturated heterocycles. The lowest BCUT2D eigenvalue weighted by atomic mass is 10.1. The molecule has 1 amide bonds. The summed E-state index contributed by atoms with van der Waals surface area (Å²) in [5, 5.41) is 0. The third kappa shape index (κ3) is 3.67. The number of halogens is 1. The standard InChI is InChI=1S/C11H14FNO2/c1-8-7-9(3-5-10(8)12)4-6-11(14)13-15-2/h3,5,7H,4,6H2,1-2H3,(H,13,14). The van der Waals surface area contributed by atoms with Crippen LogP contribution in [0.1, 0.15) is 17.5 Å². The SMILES string of the molecule is CONC(=O)CCc1ccc(F)c(C)c1. The first-order chi connectivity index (χ1) is 7.13. The van der Waals surface area contributed by atoms with Gasteiger partial charge in [-0.15, -0.1) is 0 Å². The minimum atomic E-state index is -0.222. The van der Waals surface area contributed by atoms with Crippen molar-refractivity contribution in [1.82, 2.24) is 5.48 Å². The van der Waals surface area contributed by atoms with Gasteiger partial charge in [-0.3, -0.25) is 9.63 Å². The Morgan fingerprint density at radius 2 is 2.27 bits per heavy atom. The van der Waals surface area contributed by atoms with Gasteiger partial charge < -0.3 is 0 Å². The lowest BCUT2D eigenvalue weighted by Gasteiger charge is -2.03. The van der Waals surface area contributed by atoms with E-state index in [4.69, 9.17) is 0 Å². The Kier molecular flexibility index (Phi) is 4.24. The van der Waals surface area contributed by atoms with Gasteiger partial charge in [0.2, 0.25) is 5.91 Å². The van der Waals surface area contributed by atoms with Crippen LogP contribution in [0.4, 0.5) is 4.39 Å². The van der Waals surface area contributed by atoms with Crippen molar-refractivity contribution in [2.45, 2.75) is 19.8 Å². The summed E-state index contributed by atoms with van der Waals surface area (Å²) >= 11 is 0. The Morgan fingerprint density at radius 1 is 1.53 bits per heavy atom. The summed E-state index contributed by atoms with van der Waals surface area (Å²) in [6.07, 6.45) is 0.912. The van der Waals surface area contributed by atoms with E-state index in [0.717, 1.165) is 5.56 Å². The fourth-order valence-corrected chi connectivity index (χ4v) is 1.29. The van der Waals surface area contributed by atoms with Crippen molar-refractivity contribution in [3.63, 3.8) is 0 Å². The van der Waals surface area contributed by atoms with E-state index in [1.807, 2.05) is 0 Å². The maximum atomic E-state index is 12.9. The maximum absolute atomic E-state index is 12.9. The van der Waals surface area contributed by atoms with Gasteiger partial charge in [0.15, 0.2) is 0 Å². The molecule has 0 unspecified atom stereocenters. The molecule has 1 aromatic rings. The van der Waals surface area contributed by atoms with Gasteiger partial charge in [0.05, 0.1) is 7.11 Å². The molecular formula is C11H14FNO2. The number of benzene rings is 1. The van der Waals surface area contributed by atoms with Crippen molar-refractivity contribution in [2.75, 3.05) is 7.11 Å². The van der Waals surface area contributed by atoms with Gasteiger partial charge in [0.1, 0.15) is 5.82 Å². The Bertz CT molecular complexity index is 352. The van der Waals surface area contributed by atoms with Crippen LogP contribution in [0.2, 0.25) is 0 Å². The molecule has 0 atom stereocenters. The number of hydrogen-bond donors (Lipinski definition) is 1. The zero-order valence-corrected chi connectivity index (χ0v) is 8.84. The second kappa shape index (κ2) is 5.46. The van der Waals surface area contributed by atoms with Crippen molar-refractivity contribution in [2.24, 2.45) is 0 Å².